The fraction of sp³-hybridized carbons (Fsp3) is 0.417. The monoisotopic (exact) mass is 340 g/mol. The number of methoxy groups -OCH3 is 1. The summed E-state index contributed by atoms with van der Waals surface area (Å²) in [5.41, 5.74) is -0.190. The van der Waals surface area contributed by atoms with Gasteiger partial charge in [-0.1, -0.05) is 0 Å². The number of hydrogen-bond acceptors (Lipinski definition) is 5. The van der Waals surface area contributed by atoms with Gasteiger partial charge in [0.15, 0.2) is 0 Å². The minimum atomic E-state index is -3.97. The van der Waals surface area contributed by atoms with Gasteiger partial charge in [-0.05, 0) is 25.2 Å². The predicted octanol–water partition coefficient (Wildman–Crippen LogP) is 0.874. The molecular formula is C12H18ClFN2O4S. The van der Waals surface area contributed by atoms with Gasteiger partial charge in [0.1, 0.15) is 5.82 Å². The van der Waals surface area contributed by atoms with Gasteiger partial charge in [0, 0.05) is 20.1 Å². The molecule has 21 heavy (non-hydrogen) atoms. The quantitative estimate of drug-likeness (QED) is 0.778. The predicted molar refractivity (Wildman–Crippen MR) is 78.7 cm³/mol. The third-order valence-corrected chi connectivity index (χ3v) is 4.61. The third kappa shape index (κ3) is 4.63. The summed E-state index contributed by atoms with van der Waals surface area (Å²) in [4.78, 5) is 11.2. The van der Waals surface area contributed by atoms with Crippen molar-refractivity contribution in [1.29, 1.82) is 0 Å². The molecule has 0 radical (unpaired) electrons. The second-order valence-electron chi connectivity index (χ2n) is 4.06. The smallest absolute Gasteiger partial charge is 0.339 e. The van der Waals surface area contributed by atoms with Crippen LogP contribution < -0.4 is 5.32 Å². The van der Waals surface area contributed by atoms with Crippen molar-refractivity contribution in [3.8, 4) is 0 Å². The Labute approximate surface area is 129 Å². The summed E-state index contributed by atoms with van der Waals surface area (Å²) in [7, 11) is 0.208. The third-order valence-electron chi connectivity index (χ3n) is 2.71. The molecule has 9 heteroatoms. The summed E-state index contributed by atoms with van der Waals surface area (Å²) in [6.45, 7) is 0.620. The number of benzene rings is 1. The van der Waals surface area contributed by atoms with Crippen molar-refractivity contribution in [1.82, 2.24) is 9.62 Å². The van der Waals surface area contributed by atoms with Gasteiger partial charge in [-0.15, -0.1) is 12.4 Å². The average Bonchev–Trinajstić information content (AvgIpc) is 2.43. The number of sulfonamides is 1. The van der Waals surface area contributed by atoms with Crippen molar-refractivity contribution < 1.29 is 22.3 Å². The van der Waals surface area contributed by atoms with E-state index in [1.807, 2.05) is 0 Å². The van der Waals surface area contributed by atoms with E-state index in [0.29, 0.717) is 6.54 Å². The first kappa shape index (κ1) is 19.8. The molecule has 0 aliphatic carbocycles. The summed E-state index contributed by atoms with van der Waals surface area (Å²) in [6, 6.07) is 2.93. The maximum Gasteiger partial charge on any atom is 0.339 e. The molecule has 0 heterocycles. The lowest BCUT2D eigenvalue weighted by Crippen LogP contribution is -2.33. The lowest BCUT2D eigenvalue weighted by atomic mass is 10.2. The lowest BCUT2D eigenvalue weighted by molar-refractivity contribution is 0.0596. The molecule has 0 bridgehead atoms. The molecule has 0 aliphatic rings. The molecule has 6 nitrogen and oxygen atoms in total. The van der Waals surface area contributed by atoms with Crippen molar-refractivity contribution in [2.24, 2.45) is 0 Å². The van der Waals surface area contributed by atoms with Crippen molar-refractivity contribution in [3.63, 3.8) is 0 Å². The molecule has 0 aromatic heterocycles. The van der Waals surface area contributed by atoms with Gasteiger partial charge in [-0.25, -0.2) is 17.6 Å². The second-order valence-corrected chi connectivity index (χ2v) is 6.08. The van der Waals surface area contributed by atoms with Gasteiger partial charge < -0.3 is 10.1 Å². The van der Waals surface area contributed by atoms with E-state index in [4.69, 9.17) is 0 Å². The Kier molecular flexibility index (Phi) is 7.80. The lowest BCUT2D eigenvalue weighted by Gasteiger charge is -2.18. The Morgan fingerprint density at radius 3 is 2.57 bits per heavy atom. The minimum Gasteiger partial charge on any atom is -0.465 e. The molecule has 1 rings (SSSR count). The maximum atomic E-state index is 13.3. The normalized spacial score (nSPS) is 11.1. The molecular weight excluding hydrogens is 323 g/mol. The van der Waals surface area contributed by atoms with Gasteiger partial charge in [0.2, 0.25) is 10.0 Å². The van der Waals surface area contributed by atoms with Crippen LogP contribution in [-0.4, -0.2) is 53.0 Å². The van der Waals surface area contributed by atoms with Crippen LogP contribution in [0.2, 0.25) is 0 Å². The molecule has 0 aliphatic heterocycles. The van der Waals surface area contributed by atoms with E-state index in [9.17, 15) is 17.6 Å². The summed E-state index contributed by atoms with van der Waals surface area (Å²) in [5.74, 6) is -1.57. The first-order valence-corrected chi connectivity index (χ1v) is 7.27. The molecule has 0 fully saturated rings. The Balaban J connectivity index is 0.00000400. The van der Waals surface area contributed by atoms with Crippen LogP contribution >= 0.6 is 12.4 Å². The zero-order chi connectivity index (χ0) is 15.3. The van der Waals surface area contributed by atoms with Crippen LogP contribution in [0.25, 0.3) is 0 Å². The van der Waals surface area contributed by atoms with Crippen LogP contribution in [0.15, 0.2) is 23.1 Å². The van der Waals surface area contributed by atoms with Crippen molar-refractivity contribution in [2.45, 2.75) is 4.90 Å². The SMILES string of the molecule is CNCCN(C)S(=O)(=O)c1cc(F)ccc1C(=O)OC.Cl. The Hall–Kier alpha value is -1.22. The fourth-order valence-electron chi connectivity index (χ4n) is 1.55. The molecule has 120 valence electrons. The summed E-state index contributed by atoms with van der Waals surface area (Å²) >= 11 is 0. The second kappa shape index (κ2) is 8.28. The number of halogens is 2. The van der Waals surface area contributed by atoms with E-state index in [0.717, 1.165) is 29.6 Å². The molecule has 0 spiro atoms. The molecule has 1 N–H and O–H groups in total. The molecule has 0 saturated carbocycles. The molecule has 0 unspecified atom stereocenters. The van der Waals surface area contributed by atoms with E-state index >= 15 is 0 Å². The van der Waals surface area contributed by atoms with E-state index in [2.05, 4.69) is 10.1 Å². The Morgan fingerprint density at radius 2 is 2.05 bits per heavy atom. The molecule has 0 atom stereocenters. The number of esters is 1. The van der Waals surface area contributed by atoms with E-state index in [1.165, 1.54) is 7.05 Å². The van der Waals surface area contributed by atoms with Gasteiger partial charge in [-0.2, -0.15) is 4.31 Å². The molecule has 1 aromatic carbocycles. The highest BCUT2D eigenvalue weighted by atomic mass is 35.5. The van der Waals surface area contributed by atoms with Gasteiger partial charge in [-0.3, -0.25) is 0 Å². The van der Waals surface area contributed by atoms with Gasteiger partial charge >= 0.3 is 5.97 Å². The van der Waals surface area contributed by atoms with Crippen LogP contribution in [-0.2, 0) is 14.8 Å². The van der Waals surface area contributed by atoms with Crippen LogP contribution in [0.4, 0.5) is 4.39 Å². The highest BCUT2D eigenvalue weighted by Gasteiger charge is 2.27. The molecule has 0 amide bonds. The number of nitrogens with one attached hydrogen (secondary N) is 1. The number of hydrogen-bond donors (Lipinski definition) is 1. The molecule has 1 aromatic rings. The Morgan fingerprint density at radius 1 is 1.43 bits per heavy atom. The number of carbonyl (C=O) groups excluding carboxylic acids is 1. The zero-order valence-electron chi connectivity index (χ0n) is 11.9. The molecule has 0 saturated heterocycles. The first-order valence-electron chi connectivity index (χ1n) is 5.83. The van der Waals surface area contributed by atoms with Crippen LogP contribution in [0.1, 0.15) is 10.4 Å². The summed E-state index contributed by atoms with van der Waals surface area (Å²) in [6.07, 6.45) is 0. The van der Waals surface area contributed by atoms with Gasteiger partial charge in [0.05, 0.1) is 17.6 Å². The maximum absolute atomic E-state index is 13.3. The topological polar surface area (TPSA) is 75.7 Å². The van der Waals surface area contributed by atoms with Gasteiger partial charge in [0.25, 0.3) is 0 Å². The first-order chi connectivity index (χ1) is 9.34. The highest BCUT2D eigenvalue weighted by Crippen LogP contribution is 2.21. The number of carbonyl (C=O) groups is 1. The van der Waals surface area contributed by atoms with Crippen molar-refractivity contribution >= 4 is 28.4 Å². The van der Waals surface area contributed by atoms with Crippen molar-refractivity contribution in [3.05, 3.63) is 29.6 Å². The minimum absolute atomic E-state index is 0. The number of likely N-dealkylation sites (N-methyl/N-ethyl adjacent to an activating group) is 2. The standard InChI is InChI=1S/C12H17FN2O4S.ClH/c1-14-6-7-15(2)20(17,18)11-8-9(13)4-5-10(11)12(16)19-3;/h4-5,8,14H,6-7H2,1-3H3;1H. The van der Waals surface area contributed by atoms with E-state index in [-0.39, 0.29) is 24.5 Å². The van der Waals surface area contributed by atoms with E-state index < -0.39 is 26.7 Å². The van der Waals surface area contributed by atoms with Crippen LogP contribution in [0, 0.1) is 5.82 Å². The van der Waals surface area contributed by atoms with E-state index in [1.54, 1.807) is 7.05 Å². The fourth-order valence-corrected chi connectivity index (χ4v) is 2.90. The van der Waals surface area contributed by atoms with Crippen LogP contribution in [0.5, 0.6) is 0 Å². The highest BCUT2D eigenvalue weighted by molar-refractivity contribution is 7.89. The van der Waals surface area contributed by atoms with Crippen LogP contribution in [0.3, 0.4) is 0 Å². The Bertz CT molecular complexity index is 595. The van der Waals surface area contributed by atoms with Crippen molar-refractivity contribution in [2.75, 3.05) is 34.3 Å². The number of ether oxygens (including phenoxy) is 1. The summed E-state index contributed by atoms with van der Waals surface area (Å²) in [5, 5.41) is 2.81. The average molecular weight is 341 g/mol. The largest absolute Gasteiger partial charge is 0.465 e. The number of rotatable bonds is 6. The summed E-state index contributed by atoms with van der Waals surface area (Å²) < 4.78 is 43.6. The number of nitrogens with zero attached hydrogens (tertiary/aromatic N) is 1. The zero-order valence-corrected chi connectivity index (χ0v) is 13.6.